The van der Waals surface area contributed by atoms with E-state index in [1.165, 1.54) is 28.0 Å². The van der Waals surface area contributed by atoms with Crippen molar-refractivity contribution >= 4 is 17.1 Å². The van der Waals surface area contributed by atoms with E-state index in [4.69, 9.17) is 11.6 Å². The van der Waals surface area contributed by atoms with Crippen molar-refractivity contribution in [1.29, 1.82) is 0 Å². The van der Waals surface area contributed by atoms with E-state index >= 15 is 0 Å². The first-order valence-corrected chi connectivity index (χ1v) is 11.2. The van der Waals surface area contributed by atoms with Gasteiger partial charge >= 0.3 is 5.69 Å². The number of halogens is 1. The number of aromatic nitrogens is 4. The summed E-state index contributed by atoms with van der Waals surface area (Å²) in [6.45, 7) is 3.01. The Hall–Kier alpha value is -3.16. The molecule has 1 aliphatic heterocycles. The monoisotopic (exact) mass is 449 g/mol. The Morgan fingerprint density at radius 2 is 1.88 bits per heavy atom. The summed E-state index contributed by atoms with van der Waals surface area (Å²) in [5, 5.41) is 5.19. The lowest BCUT2D eigenvalue weighted by Crippen LogP contribution is -2.33. The summed E-state index contributed by atoms with van der Waals surface area (Å²) >= 11 is 6.32. The third-order valence-corrected chi connectivity index (χ3v) is 6.60. The van der Waals surface area contributed by atoms with Crippen LogP contribution in [-0.2, 0) is 13.0 Å². The van der Waals surface area contributed by atoms with Crippen molar-refractivity contribution in [2.24, 2.45) is 5.92 Å². The number of rotatable bonds is 5. The lowest BCUT2D eigenvalue weighted by molar-refractivity contribution is 0.177. The fourth-order valence-corrected chi connectivity index (χ4v) is 4.68. The number of pyridine rings is 1. The van der Waals surface area contributed by atoms with Crippen LogP contribution in [0.4, 0.5) is 0 Å². The first-order chi connectivity index (χ1) is 15.6. The second-order valence-corrected chi connectivity index (χ2v) is 8.80. The van der Waals surface area contributed by atoms with Crippen molar-refractivity contribution in [2.75, 3.05) is 13.1 Å². The van der Waals surface area contributed by atoms with Gasteiger partial charge in [0.25, 0.3) is 5.56 Å². The van der Waals surface area contributed by atoms with Crippen molar-refractivity contribution in [3.8, 4) is 5.69 Å². The number of hydrogen-bond donors (Lipinski definition) is 1. The Bertz CT molecular complexity index is 1360. The predicted molar refractivity (Wildman–Crippen MR) is 125 cm³/mol. The van der Waals surface area contributed by atoms with Crippen LogP contribution in [0, 0.1) is 5.92 Å². The molecule has 164 valence electrons. The lowest BCUT2D eigenvalue weighted by atomic mass is 9.90. The van der Waals surface area contributed by atoms with Gasteiger partial charge in [-0.15, -0.1) is 0 Å². The maximum absolute atomic E-state index is 12.2. The molecule has 1 aromatic carbocycles. The molecule has 1 N–H and O–H groups in total. The van der Waals surface area contributed by atoms with E-state index in [2.05, 4.69) is 33.2 Å². The number of H-pyrrole nitrogens is 1. The standard InChI is InChI=1S/C24H24ClN5O2/c25-20-4-2-1-3-19(20)16-28-9-5-17(6-10-28)13-18-7-12-30-21(14-18)22(15-26-30)29-11-8-23(31)27-24(29)32/h1-4,7-8,11-12,14-15,17H,5-6,9-10,13,16H2,(H,27,31,32). The van der Waals surface area contributed by atoms with Crippen LogP contribution in [-0.4, -0.2) is 37.2 Å². The Morgan fingerprint density at radius 1 is 1.06 bits per heavy atom. The van der Waals surface area contributed by atoms with Gasteiger partial charge in [-0.1, -0.05) is 29.8 Å². The normalized spacial score (nSPS) is 15.4. The van der Waals surface area contributed by atoms with E-state index < -0.39 is 11.2 Å². The maximum atomic E-state index is 12.2. The SMILES string of the molecule is O=c1ccn(-c2cnn3ccc(CC4CCN(Cc5ccccc5Cl)CC4)cc23)c(=O)[nH]1. The minimum absolute atomic E-state index is 0.413. The fraction of sp³-hybridized carbons (Fsp3) is 0.292. The van der Waals surface area contributed by atoms with Crippen LogP contribution < -0.4 is 11.2 Å². The van der Waals surface area contributed by atoms with Crippen LogP contribution >= 0.6 is 11.6 Å². The molecule has 0 unspecified atom stereocenters. The summed E-state index contributed by atoms with van der Waals surface area (Å²) < 4.78 is 3.17. The fourth-order valence-electron chi connectivity index (χ4n) is 4.48. The van der Waals surface area contributed by atoms with E-state index in [0.717, 1.165) is 49.4 Å². The molecule has 32 heavy (non-hydrogen) atoms. The number of aromatic amines is 1. The van der Waals surface area contributed by atoms with Gasteiger partial charge in [-0.05, 0) is 67.6 Å². The van der Waals surface area contributed by atoms with Crippen molar-refractivity contribution in [3.63, 3.8) is 0 Å². The number of likely N-dealkylation sites (tertiary alicyclic amines) is 1. The lowest BCUT2D eigenvalue weighted by Gasteiger charge is -2.32. The molecule has 7 nitrogen and oxygen atoms in total. The molecule has 8 heteroatoms. The van der Waals surface area contributed by atoms with Crippen molar-refractivity contribution < 1.29 is 0 Å². The van der Waals surface area contributed by atoms with Crippen LogP contribution in [0.2, 0.25) is 5.02 Å². The molecule has 5 rings (SSSR count). The average molecular weight is 450 g/mol. The van der Waals surface area contributed by atoms with E-state index in [-0.39, 0.29) is 0 Å². The number of nitrogens with one attached hydrogen (secondary N) is 1. The van der Waals surface area contributed by atoms with Crippen LogP contribution in [0.5, 0.6) is 0 Å². The largest absolute Gasteiger partial charge is 0.333 e. The van der Waals surface area contributed by atoms with E-state index in [9.17, 15) is 9.59 Å². The molecule has 3 aromatic heterocycles. The molecule has 1 aliphatic rings. The molecule has 0 spiro atoms. The van der Waals surface area contributed by atoms with Gasteiger partial charge in [-0.25, -0.2) is 9.31 Å². The summed E-state index contributed by atoms with van der Waals surface area (Å²) in [5.74, 6) is 0.613. The predicted octanol–water partition coefficient (Wildman–Crippen LogP) is 3.28. The molecular weight excluding hydrogens is 426 g/mol. The molecule has 1 saturated heterocycles. The second-order valence-electron chi connectivity index (χ2n) is 8.39. The molecule has 0 amide bonds. The van der Waals surface area contributed by atoms with E-state index in [1.54, 1.807) is 10.7 Å². The highest BCUT2D eigenvalue weighted by Gasteiger charge is 2.20. The van der Waals surface area contributed by atoms with Gasteiger partial charge in [0.15, 0.2) is 0 Å². The summed E-state index contributed by atoms with van der Waals surface area (Å²) in [5.41, 5.74) is 3.02. The third kappa shape index (κ3) is 4.26. The molecule has 0 radical (unpaired) electrons. The average Bonchev–Trinajstić information content (AvgIpc) is 3.20. The molecule has 0 aliphatic carbocycles. The number of benzene rings is 1. The van der Waals surface area contributed by atoms with Crippen LogP contribution in [0.25, 0.3) is 11.2 Å². The summed E-state index contributed by atoms with van der Waals surface area (Å²) in [6, 6.07) is 13.6. The summed E-state index contributed by atoms with van der Waals surface area (Å²) in [6.07, 6.45) is 8.33. The Balaban J connectivity index is 1.28. The van der Waals surface area contributed by atoms with Crippen molar-refractivity contribution in [1.82, 2.24) is 24.1 Å². The third-order valence-electron chi connectivity index (χ3n) is 6.23. The van der Waals surface area contributed by atoms with E-state index in [1.807, 2.05) is 24.4 Å². The molecule has 0 bridgehead atoms. The number of piperidine rings is 1. The van der Waals surface area contributed by atoms with Crippen LogP contribution in [0.1, 0.15) is 24.0 Å². The molecule has 0 saturated carbocycles. The van der Waals surface area contributed by atoms with Gasteiger partial charge in [0.2, 0.25) is 0 Å². The van der Waals surface area contributed by atoms with Crippen LogP contribution in [0.3, 0.4) is 0 Å². The molecule has 1 fully saturated rings. The highest BCUT2D eigenvalue weighted by Crippen LogP contribution is 2.26. The summed E-state index contributed by atoms with van der Waals surface area (Å²) in [7, 11) is 0. The van der Waals surface area contributed by atoms with Crippen molar-refractivity contribution in [3.05, 3.63) is 98.0 Å². The number of nitrogens with zero attached hydrogens (tertiary/aromatic N) is 4. The van der Waals surface area contributed by atoms with E-state index in [0.29, 0.717) is 11.6 Å². The van der Waals surface area contributed by atoms with Gasteiger partial charge in [0.1, 0.15) is 0 Å². The molecular formula is C24H24ClN5O2. The summed E-state index contributed by atoms with van der Waals surface area (Å²) in [4.78, 5) is 28.4. The van der Waals surface area contributed by atoms with Gasteiger partial charge in [-0.3, -0.25) is 19.2 Å². The topological polar surface area (TPSA) is 75.4 Å². The van der Waals surface area contributed by atoms with Gasteiger partial charge in [-0.2, -0.15) is 5.10 Å². The first kappa shape index (κ1) is 20.7. The van der Waals surface area contributed by atoms with Gasteiger partial charge in [0, 0.05) is 30.0 Å². The van der Waals surface area contributed by atoms with Gasteiger partial charge in [0.05, 0.1) is 17.4 Å². The number of hydrogen-bond acceptors (Lipinski definition) is 4. The zero-order valence-corrected chi connectivity index (χ0v) is 18.3. The Labute approximate surface area is 189 Å². The van der Waals surface area contributed by atoms with Gasteiger partial charge < -0.3 is 0 Å². The zero-order valence-electron chi connectivity index (χ0n) is 17.6. The smallest absolute Gasteiger partial charge is 0.299 e. The maximum Gasteiger partial charge on any atom is 0.333 e. The molecule has 4 aromatic rings. The first-order valence-electron chi connectivity index (χ1n) is 10.8. The highest BCUT2D eigenvalue weighted by molar-refractivity contribution is 6.31. The minimum Gasteiger partial charge on any atom is -0.299 e. The quantitative estimate of drug-likeness (QED) is 0.507. The molecule has 4 heterocycles. The zero-order chi connectivity index (χ0) is 22.1. The van der Waals surface area contributed by atoms with Crippen LogP contribution in [0.15, 0.2) is 70.6 Å². The van der Waals surface area contributed by atoms with Crippen molar-refractivity contribution in [2.45, 2.75) is 25.8 Å². The Kier molecular flexibility index (Phi) is 5.68. The second kappa shape index (κ2) is 8.76. The number of fused-ring (bicyclic) bond motifs is 1. The highest BCUT2D eigenvalue weighted by atomic mass is 35.5. The molecule has 0 atom stereocenters. The Morgan fingerprint density at radius 3 is 2.66 bits per heavy atom. The minimum atomic E-state index is -0.469.